The van der Waals surface area contributed by atoms with Crippen molar-refractivity contribution in [1.82, 2.24) is 4.98 Å². The maximum absolute atomic E-state index is 4.67. The lowest BCUT2D eigenvalue weighted by molar-refractivity contribution is 0.540. The van der Waals surface area contributed by atoms with Crippen molar-refractivity contribution < 1.29 is 0 Å². The van der Waals surface area contributed by atoms with E-state index < -0.39 is 0 Å². The molecule has 1 aliphatic heterocycles. The minimum atomic E-state index is 0.225. The highest BCUT2D eigenvalue weighted by molar-refractivity contribution is 5.92. The van der Waals surface area contributed by atoms with Crippen LogP contribution in [0.25, 0.3) is 5.57 Å². The number of H-pyrrole nitrogens is 1. The first kappa shape index (κ1) is 10.2. The van der Waals surface area contributed by atoms with Gasteiger partial charge in [-0.1, -0.05) is 13.8 Å². The lowest BCUT2D eigenvalue weighted by Crippen LogP contribution is -2.15. The van der Waals surface area contributed by atoms with Gasteiger partial charge in [0.1, 0.15) is 0 Å². The minimum Gasteiger partial charge on any atom is -0.361 e. The normalized spacial score (nSPS) is 22.8. The molecular formula is C13H18N2. The van der Waals surface area contributed by atoms with Crippen LogP contribution in [-0.4, -0.2) is 10.7 Å². The molecule has 1 aromatic rings. The van der Waals surface area contributed by atoms with Crippen LogP contribution in [0.15, 0.2) is 29.0 Å². The van der Waals surface area contributed by atoms with Crippen molar-refractivity contribution in [3.63, 3.8) is 0 Å². The molecular weight excluding hydrogens is 184 g/mol. The summed E-state index contributed by atoms with van der Waals surface area (Å²) in [7, 11) is 0. The smallest absolute Gasteiger partial charge is 0.0462 e. The number of hydrogen-bond donors (Lipinski definition) is 1. The largest absolute Gasteiger partial charge is 0.361 e. The van der Waals surface area contributed by atoms with E-state index in [9.17, 15) is 0 Å². The maximum atomic E-state index is 4.67. The number of hydrogen-bond acceptors (Lipinski definition) is 1. The quantitative estimate of drug-likeness (QED) is 0.720. The molecule has 1 aliphatic rings. The Morgan fingerprint density at radius 1 is 1.47 bits per heavy atom. The zero-order valence-electron chi connectivity index (χ0n) is 9.89. The van der Waals surface area contributed by atoms with Crippen LogP contribution in [0.3, 0.4) is 0 Å². The summed E-state index contributed by atoms with van der Waals surface area (Å²) in [5.74, 6) is 0. The van der Waals surface area contributed by atoms with Crippen LogP contribution in [0.2, 0.25) is 0 Å². The average molecular weight is 202 g/mol. The third kappa shape index (κ3) is 1.76. The van der Waals surface area contributed by atoms with Gasteiger partial charge in [0.15, 0.2) is 0 Å². The summed E-state index contributed by atoms with van der Waals surface area (Å²) in [6.07, 6.45) is 3.00. The summed E-state index contributed by atoms with van der Waals surface area (Å²) in [5, 5.41) is 0. The van der Waals surface area contributed by atoms with Crippen LogP contribution < -0.4 is 0 Å². The second-order valence-electron chi connectivity index (χ2n) is 4.91. The third-order valence-corrected chi connectivity index (χ3v) is 3.33. The molecule has 0 saturated heterocycles. The standard InChI is InChI=1S/C13H18N2/c1-9(11-6-5-7-14-11)12-8-13(3,4)10(2)15-12/h5-7,14H,8H2,1-4H3/b12-9-. The Labute approximate surface area is 91.1 Å². The predicted octanol–water partition coefficient (Wildman–Crippen LogP) is 3.64. The Bertz CT molecular complexity index is 419. The van der Waals surface area contributed by atoms with Crippen LogP contribution in [0.1, 0.15) is 39.8 Å². The topological polar surface area (TPSA) is 28.1 Å². The summed E-state index contributed by atoms with van der Waals surface area (Å²) in [6, 6.07) is 4.12. The van der Waals surface area contributed by atoms with Crippen molar-refractivity contribution in [3.8, 4) is 0 Å². The zero-order valence-corrected chi connectivity index (χ0v) is 9.89. The van der Waals surface area contributed by atoms with Gasteiger partial charge in [0, 0.05) is 35.1 Å². The Morgan fingerprint density at radius 3 is 2.67 bits per heavy atom. The van der Waals surface area contributed by atoms with Gasteiger partial charge in [-0.25, -0.2) is 0 Å². The van der Waals surface area contributed by atoms with Crippen molar-refractivity contribution >= 4 is 11.3 Å². The van der Waals surface area contributed by atoms with Crippen LogP contribution in [0.4, 0.5) is 0 Å². The molecule has 15 heavy (non-hydrogen) atoms. The first-order chi connectivity index (χ1) is 7.00. The fraction of sp³-hybridized carbons (Fsp3) is 0.462. The van der Waals surface area contributed by atoms with E-state index in [0.717, 1.165) is 6.42 Å². The lowest BCUT2D eigenvalue weighted by atomic mass is 9.86. The van der Waals surface area contributed by atoms with Crippen molar-refractivity contribution in [3.05, 3.63) is 29.7 Å². The summed E-state index contributed by atoms with van der Waals surface area (Å²) in [4.78, 5) is 7.90. The second kappa shape index (κ2) is 3.37. The minimum absolute atomic E-state index is 0.225. The number of aromatic amines is 1. The van der Waals surface area contributed by atoms with Crippen LogP contribution in [0, 0.1) is 5.41 Å². The SMILES string of the molecule is CC1=N/C(=C(/C)c2ccc[nH]2)CC1(C)C. The van der Waals surface area contributed by atoms with Crippen molar-refractivity contribution in [2.45, 2.75) is 34.1 Å². The molecule has 2 nitrogen and oxygen atoms in total. The molecule has 0 amide bonds. The second-order valence-corrected chi connectivity index (χ2v) is 4.91. The highest BCUT2D eigenvalue weighted by Crippen LogP contribution is 2.37. The molecule has 0 aromatic carbocycles. The Hall–Kier alpha value is -1.31. The molecule has 0 radical (unpaired) electrons. The van der Waals surface area contributed by atoms with Gasteiger partial charge in [-0.2, -0.15) is 0 Å². The highest BCUT2D eigenvalue weighted by Gasteiger charge is 2.30. The van der Waals surface area contributed by atoms with Gasteiger partial charge in [0.25, 0.3) is 0 Å². The Balaban J connectivity index is 2.38. The van der Waals surface area contributed by atoms with Gasteiger partial charge >= 0.3 is 0 Å². The average Bonchev–Trinajstić information content (AvgIpc) is 2.74. The van der Waals surface area contributed by atoms with Gasteiger partial charge in [0.2, 0.25) is 0 Å². The Kier molecular flexibility index (Phi) is 2.29. The molecule has 2 heterocycles. The van der Waals surface area contributed by atoms with Crippen molar-refractivity contribution in [2.24, 2.45) is 10.4 Å². The number of allylic oxidation sites excluding steroid dienone is 2. The van der Waals surface area contributed by atoms with Crippen molar-refractivity contribution in [1.29, 1.82) is 0 Å². The van der Waals surface area contributed by atoms with Gasteiger partial charge in [-0.15, -0.1) is 0 Å². The van der Waals surface area contributed by atoms with Crippen molar-refractivity contribution in [2.75, 3.05) is 0 Å². The van der Waals surface area contributed by atoms with E-state index in [4.69, 9.17) is 0 Å². The summed E-state index contributed by atoms with van der Waals surface area (Å²) in [6.45, 7) is 8.76. The van der Waals surface area contributed by atoms with Crippen LogP contribution in [0.5, 0.6) is 0 Å². The van der Waals surface area contributed by atoms with E-state index in [1.807, 2.05) is 12.3 Å². The molecule has 0 unspecified atom stereocenters. The highest BCUT2D eigenvalue weighted by atomic mass is 14.8. The van der Waals surface area contributed by atoms with E-state index in [2.05, 4.69) is 43.7 Å². The lowest BCUT2D eigenvalue weighted by Gasteiger charge is -2.16. The number of rotatable bonds is 1. The molecule has 0 spiro atoms. The summed E-state index contributed by atoms with van der Waals surface area (Å²) >= 11 is 0. The van der Waals surface area contributed by atoms with Gasteiger partial charge in [-0.05, 0) is 31.6 Å². The Morgan fingerprint density at radius 2 is 2.20 bits per heavy atom. The molecule has 2 rings (SSSR count). The molecule has 0 atom stereocenters. The number of nitrogens with zero attached hydrogens (tertiary/aromatic N) is 1. The fourth-order valence-electron chi connectivity index (χ4n) is 1.88. The molecule has 1 N–H and O–H groups in total. The number of aliphatic imine (C=N–C) groups is 1. The first-order valence-corrected chi connectivity index (χ1v) is 5.40. The predicted molar refractivity (Wildman–Crippen MR) is 64.9 cm³/mol. The summed E-state index contributed by atoms with van der Waals surface area (Å²) < 4.78 is 0. The van der Waals surface area contributed by atoms with E-state index in [1.165, 1.54) is 22.7 Å². The van der Waals surface area contributed by atoms with E-state index in [1.54, 1.807) is 0 Å². The third-order valence-electron chi connectivity index (χ3n) is 3.33. The molecule has 0 saturated carbocycles. The molecule has 0 bridgehead atoms. The monoisotopic (exact) mass is 202 g/mol. The first-order valence-electron chi connectivity index (χ1n) is 5.40. The summed E-state index contributed by atoms with van der Waals surface area (Å²) in [5.41, 5.74) is 5.14. The van der Waals surface area contributed by atoms with E-state index in [0.29, 0.717) is 0 Å². The molecule has 80 valence electrons. The number of aromatic nitrogens is 1. The van der Waals surface area contributed by atoms with Gasteiger partial charge in [-0.3, -0.25) is 4.99 Å². The van der Waals surface area contributed by atoms with Gasteiger partial charge in [0.05, 0.1) is 0 Å². The van der Waals surface area contributed by atoms with Crippen LogP contribution in [-0.2, 0) is 0 Å². The number of nitrogens with one attached hydrogen (secondary N) is 1. The van der Waals surface area contributed by atoms with E-state index in [-0.39, 0.29) is 5.41 Å². The fourth-order valence-corrected chi connectivity index (χ4v) is 1.88. The molecule has 2 heteroatoms. The van der Waals surface area contributed by atoms with E-state index >= 15 is 0 Å². The molecule has 0 aliphatic carbocycles. The molecule has 0 fully saturated rings. The maximum Gasteiger partial charge on any atom is 0.0462 e. The molecule has 1 aromatic heterocycles. The van der Waals surface area contributed by atoms with Crippen LogP contribution >= 0.6 is 0 Å². The zero-order chi connectivity index (χ0) is 11.1. The van der Waals surface area contributed by atoms with Gasteiger partial charge < -0.3 is 4.98 Å².